The lowest BCUT2D eigenvalue weighted by Gasteiger charge is -2.29. The van der Waals surface area contributed by atoms with E-state index in [1.807, 2.05) is 59.3 Å². The Morgan fingerprint density at radius 3 is 2.36 bits per heavy atom. The summed E-state index contributed by atoms with van der Waals surface area (Å²) in [5.41, 5.74) is 15.8. The number of carboxylic acids is 1. The van der Waals surface area contributed by atoms with Gasteiger partial charge in [0.25, 0.3) is 11.8 Å². The summed E-state index contributed by atoms with van der Waals surface area (Å²) in [6, 6.07) is 0. The number of rotatable bonds is 11. The monoisotopic (exact) mass is 570 g/mol. The van der Waals surface area contributed by atoms with Crippen molar-refractivity contribution in [3.05, 3.63) is 83.1 Å². The molecule has 0 bridgehead atoms. The number of aliphatic imine (C=N–C) groups is 2. The summed E-state index contributed by atoms with van der Waals surface area (Å²) in [7, 11) is 1.86. The lowest BCUT2D eigenvalue weighted by Crippen LogP contribution is -2.33. The molecule has 10 nitrogen and oxygen atoms in total. The van der Waals surface area contributed by atoms with Gasteiger partial charge in [0, 0.05) is 41.3 Å². The second-order valence-corrected chi connectivity index (χ2v) is 11.8. The van der Waals surface area contributed by atoms with Crippen molar-refractivity contribution in [2.75, 3.05) is 6.54 Å². The van der Waals surface area contributed by atoms with Gasteiger partial charge in [-0.1, -0.05) is 38.5 Å². The summed E-state index contributed by atoms with van der Waals surface area (Å²) >= 11 is 0. The number of carboxylic acid groups (broad SMARTS) is 1. The van der Waals surface area contributed by atoms with Crippen molar-refractivity contribution < 1.29 is 24.1 Å². The minimum absolute atomic E-state index is 0.0404. The Bertz CT molecular complexity index is 1550. The lowest BCUT2D eigenvalue weighted by atomic mass is 9.79. The van der Waals surface area contributed by atoms with Crippen LogP contribution in [0.1, 0.15) is 69.3 Å². The van der Waals surface area contributed by atoms with Crippen molar-refractivity contribution in [2.45, 2.75) is 58.8 Å². The van der Waals surface area contributed by atoms with Gasteiger partial charge in [-0.15, -0.1) is 0 Å². The minimum Gasteiger partial charge on any atom is -0.550 e. The van der Waals surface area contributed by atoms with Crippen LogP contribution in [0.4, 0.5) is 5.69 Å². The molecule has 3 aliphatic rings. The Morgan fingerprint density at radius 1 is 0.952 bits per heavy atom. The number of aryl methyl sites for hydroxylation is 1. The molecule has 3 aliphatic heterocycles. The standard InChI is InChI=1S/C32H38N6O4/c1-31(2)22-18-37(5)16-20(29(33)41)27(22)35-24(31)12-8-6-9-13-25-32(3,4)23-19-38(15-11-7-10-14-26(39)40)17-21(30(34)42)28(23)36-25/h6,8-9,12-13,16-19H,7,10-11,14-15H2,1-5H3,(H4-,33,34,39,40,41,42). The van der Waals surface area contributed by atoms with Gasteiger partial charge in [0.15, 0.2) is 12.4 Å². The normalized spacial score (nSPS) is 19.5. The third-order valence-corrected chi connectivity index (χ3v) is 7.93. The summed E-state index contributed by atoms with van der Waals surface area (Å²) in [6.45, 7) is 8.85. The summed E-state index contributed by atoms with van der Waals surface area (Å²) < 4.78 is 1.82. The number of hydrogen-bond donors (Lipinski definition) is 2. The van der Waals surface area contributed by atoms with Crippen molar-refractivity contribution in [2.24, 2.45) is 33.9 Å². The second kappa shape index (κ2) is 11.7. The predicted molar refractivity (Wildman–Crippen MR) is 159 cm³/mol. The van der Waals surface area contributed by atoms with Gasteiger partial charge in [-0.05, 0) is 45.3 Å². The Balaban J connectivity index is 1.51. The molecule has 0 saturated carbocycles. The lowest BCUT2D eigenvalue weighted by molar-refractivity contribution is -0.672. The van der Waals surface area contributed by atoms with Crippen molar-refractivity contribution in [1.82, 2.24) is 4.90 Å². The molecule has 4 N–H and O–H groups in total. The molecule has 0 saturated heterocycles. The molecule has 0 atom stereocenters. The molecule has 0 spiro atoms. The molecular formula is C32H38N6O4. The van der Waals surface area contributed by atoms with E-state index >= 15 is 0 Å². The number of amides is 2. The third-order valence-electron chi connectivity index (χ3n) is 7.93. The predicted octanol–water partition coefficient (Wildman–Crippen LogP) is 2.33. The first-order valence-corrected chi connectivity index (χ1v) is 14.0. The van der Waals surface area contributed by atoms with Crippen LogP contribution in [0.5, 0.6) is 0 Å². The largest absolute Gasteiger partial charge is 0.550 e. The number of hydrogen-bond acceptors (Lipinski definition) is 7. The molecule has 10 heteroatoms. The Labute approximate surface area is 246 Å². The van der Waals surface area contributed by atoms with Gasteiger partial charge < -0.3 is 26.3 Å². The van der Waals surface area contributed by atoms with Crippen LogP contribution in [0.25, 0.3) is 0 Å². The van der Waals surface area contributed by atoms with E-state index in [2.05, 4.69) is 27.7 Å². The van der Waals surface area contributed by atoms with E-state index in [1.165, 1.54) is 0 Å². The first-order chi connectivity index (χ1) is 19.7. The molecule has 0 unspecified atom stereocenters. The number of nitrogens with two attached hydrogens (primary N) is 2. The van der Waals surface area contributed by atoms with Gasteiger partial charge in [-0.3, -0.25) is 19.6 Å². The van der Waals surface area contributed by atoms with E-state index in [1.54, 1.807) is 12.4 Å². The maximum Gasteiger partial charge on any atom is 0.257 e. The number of allylic oxidation sites excluding steroid dienone is 6. The van der Waals surface area contributed by atoms with Crippen molar-refractivity contribution in [1.29, 1.82) is 0 Å². The molecule has 4 heterocycles. The highest BCUT2D eigenvalue weighted by atomic mass is 16.4. The summed E-state index contributed by atoms with van der Waals surface area (Å²) in [5, 5.41) is 10.7. The number of primary amides is 2. The smallest absolute Gasteiger partial charge is 0.257 e. The fraction of sp³-hybridized carbons (Fsp3) is 0.375. The number of aromatic nitrogens is 1. The first kappa shape index (κ1) is 30.4. The summed E-state index contributed by atoms with van der Waals surface area (Å²) in [6.07, 6.45) is 19.0. The van der Waals surface area contributed by atoms with Crippen LogP contribution in [-0.4, -0.2) is 40.7 Å². The van der Waals surface area contributed by atoms with Crippen LogP contribution in [0.15, 0.2) is 82.0 Å². The third kappa shape index (κ3) is 6.02. The molecular weight excluding hydrogens is 532 g/mol. The molecule has 4 rings (SSSR count). The number of pyridine rings is 1. The van der Waals surface area contributed by atoms with E-state index in [9.17, 15) is 19.5 Å². The van der Waals surface area contributed by atoms with Gasteiger partial charge in [-0.25, -0.2) is 4.57 Å². The molecule has 0 aromatic carbocycles. The first-order valence-electron chi connectivity index (χ1n) is 14.0. The Kier molecular flexibility index (Phi) is 8.47. The molecule has 220 valence electrons. The van der Waals surface area contributed by atoms with Gasteiger partial charge >= 0.3 is 0 Å². The number of unbranched alkanes of at least 4 members (excludes halogenated alkanes) is 2. The number of carbonyl (C=O) groups is 3. The van der Waals surface area contributed by atoms with Gasteiger partial charge in [0.2, 0.25) is 0 Å². The molecule has 1 aromatic heterocycles. The Morgan fingerprint density at radius 2 is 1.69 bits per heavy atom. The highest BCUT2D eigenvalue weighted by Gasteiger charge is 2.41. The van der Waals surface area contributed by atoms with E-state index in [4.69, 9.17) is 21.5 Å². The van der Waals surface area contributed by atoms with Crippen LogP contribution in [0, 0.1) is 5.41 Å². The second-order valence-electron chi connectivity index (χ2n) is 11.8. The maximum absolute atomic E-state index is 12.3. The Hall–Kier alpha value is -4.60. The number of carbonyl (C=O) groups excluding carboxylic acids is 3. The molecule has 42 heavy (non-hydrogen) atoms. The molecule has 2 amide bonds. The zero-order chi connectivity index (χ0) is 30.8. The summed E-state index contributed by atoms with van der Waals surface area (Å²) in [5.74, 6) is -2.11. The SMILES string of the molecule is C[n+]1cc(C(N)=O)c2c(c1)C(C)(C)C(/C=C/C=C/C=C1\N=C3C(C(N)=O)=CN(CCCCCC(=O)[O-])C=C3C1(C)C)=N2. The van der Waals surface area contributed by atoms with Crippen LogP contribution in [0.3, 0.4) is 0 Å². The van der Waals surface area contributed by atoms with E-state index in [-0.39, 0.29) is 6.42 Å². The van der Waals surface area contributed by atoms with Crippen LogP contribution in [0.2, 0.25) is 0 Å². The number of aliphatic carboxylic acids is 1. The van der Waals surface area contributed by atoms with Crippen LogP contribution < -0.4 is 21.1 Å². The minimum atomic E-state index is -1.04. The summed E-state index contributed by atoms with van der Waals surface area (Å²) in [4.78, 5) is 46.4. The molecule has 0 fully saturated rings. The van der Waals surface area contributed by atoms with E-state index in [0.717, 1.165) is 35.4 Å². The zero-order valence-electron chi connectivity index (χ0n) is 24.8. The number of fused-ring (bicyclic) bond motifs is 2. The molecule has 0 radical (unpaired) electrons. The molecule has 0 aliphatic carbocycles. The highest BCUT2D eigenvalue weighted by molar-refractivity contribution is 6.30. The number of nitrogens with zero attached hydrogens (tertiary/aromatic N) is 4. The van der Waals surface area contributed by atoms with Crippen molar-refractivity contribution >= 4 is 34.9 Å². The van der Waals surface area contributed by atoms with Crippen LogP contribution in [-0.2, 0) is 22.1 Å². The zero-order valence-corrected chi connectivity index (χ0v) is 24.8. The van der Waals surface area contributed by atoms with Crippen molar-refractivity contribution in [3.8, 4) is 0 Å². The van der Waals surface area contributed by atoms with Crippen molar-refractivity contribution in [3.63, 3.8) is 0 Å². The van der Waals surface area contributed by atoms with Gasteiger partial charge in [0.05, 0.1) is 33.9 Å². The van der Waals surface area contributed by atoms with Crippen LogP contribution >= 0.6 is 0 Å². The quantitative estimate of drug-likeness (QED) is 0.237. The topological polar surface area (TPSA) is 158 Å². The average Bonchev–Trinajstić information content (AvgIpc) is 3.30. The highest BCUT2D eigenvalue weighted by Crippen LogP contribution is 2.45. The molecule has 1 aromatic rings. The fourth-order valence-corrected chi connectivity index (χ4v) is 5.38. The fourth-order valence-electron chi connectivity index (χ4n) is 5.38. The maximum atomic E-state index is 12.3. The van der Waals surface area contributed by atoms with Gasteiger partial charge in [-0.2, -0.15) is 0 Å². The van der Waals surface area contributed by atoms with Gasteiger partial charge in [0.1, 0.15) is 12.6 Å². The van der Waals surface area contributed by atoms with E-state index < -0.39 is 28.6 Å². The van der Waals surface area contributed by atoms with E-state index in [0.29, 0.717) is 35.5 Å². The average molecular weight is 571 g/mol.